The molecule has 0 unspecified atom stereocenters. The van der Waals surface area contributed by atoms with Crippen LogP contribution in [0, 0.1) is 12.8 Å². The molecule has 166 valence electrons. The molecule has 0 radical (unpaired) electrons. The summed E-state index contributed by atoms with van der Waals surface area (Å²) in [5.74, 6) is 1.37. The van der Waals surface area contributed by atoms with Crippen molar-refractivity contribution >= 4 is 17.2 Å². The first kappa shape index (κ1) is 22.0. The van der Waals surface area contributed by atoms with Crippen LogP contribution < -0.4 is 5.32 Å². The lowest BCUT2D eigenvalue weighted by molar-refractivity contribution is 0.0954. The van der Waals surface area contributed by atoms with E-state index in [1.165, 1.54) is 4.88 Å². The lowest BCUT2D eigenvalue weighted by Gasteiger charge is -2.10. The Morgan fingerprint density at radius 2 is 2.03 bits per heavy atom. The van der Waals surface area contributed by atoms with Crippen LogP contribution in [0.1, 0.15) is 47.1 Å². The largest absolute Gasteiger partial charge is 0.420 e. The third kappa shape index (κ3) is 5.31. The molecule has 0 fully saturated rings. The van der Waals surface area contributed by atoms with E-state index in [1.807, 2.05) is 46.5 Å². The smallest absolute Gasteiger partial charge is 0.268 e. The lowest BCUT2D eigenvalue weighted by Crippen LogP contribution is -2.25. The Morgan fingerprint density at radius 1 is 1.16 bits per heavy atom. The minimum absolute atomic E-state index is 0.0907. The summed E-state index contributed by atoms with van der Waals surface area (Å²) < 4.78 is 7.45. The van der Waals surface area contributed by atoms with Crippen LogP contribution in [0.5, 0.6) is 0 Å². The van der Waals surface area contributed by atoms with E-state index in [-0.39, 0.29) is 5.91 Å². The van der Waals surface area contributed by atoms with Gasteiger partial charge in [0.2, 0.25) is 5.89 Å². The van der Waals surface area contributed by atoms with E-state index in [0.717, 1.165) is 30.6 Å². The van der Waals surface area contributed by atoms with Gasteiger partial charge >= 0.3 is 0 Å². The Bertz CT molecular complexity index is 1180. The molecular formula is C24H27N5O2S. The molecule has 3 heterocycles. The van der Waals surface area contributed by atoms with E-state index >= 15 is 0 Å². The fraction of sp³-hybridized carbons (Fsp3) is 0.333. The van der Waals surface area contributed by atoms with Crippen molar-refractivity contribution in [3.8, 4) is 17.3 Å². The predicted octanol–water partition coefficient (Wildman–Crippen LogP) is 4.85. The third-order valence-corrected chi connectivity index (χ3v) is 6.03. The molecule has 0 saturated carbocycles. The number of hydrogen-bond donors (Lipinski definition) is 1. The van der Waals surface area contributed by atoms with Crippen molar-refractivity contribution in [2.24, 2.45) is 5.92 Å². The first-order valence-corrected chi connectivity index (χ1v) is 11.7. The van der Waals surface area contributed by atoms with Gasteiger partial charge in [-0.05, 0) is 60.9 Å². The molecule has 1 aromatic carbocycles. The summed E-state index contributed by atoms with van der Waals surface area (Å²) in [6.45, 7) is 6.76. The molecule has 1 amide bonds. The fourth-order valence-electron chi connectivity index (χ4n) is 3.40. The number of thiophene rings is 1. The molecule has 0 bridgehead atoms. The number of nitrogens with zero attached hydrogens (tertiary/aromatic N) is 4. The average molecular weight is 450 g/mol. The van der Waals surface area contributed by atoms with Gasteiger partial charge in [0, 0.05) is 29.6 Å². The monoisotopic (exact) mass is 449 g/mol. The van der Waals surface area contributed by atoms with Crippen LogP contribution in [0.25, 0.3) is 17.3 Å². The molecule has 0 saturated heterocycles. The Hall–Kier alpha value is -3.26. The number of carbonyl (C=O) groups excluding carboxylic acids is 1. The number of rotatable bonds is 9. The zero-order valence-electron chi connectivity index (χ0n) is 18.5. The van der Waals surface area contributed by atoms with Crippen LogP contribution in [-0.2, 0) is 12.8 Å². The maximum atomic E-state index is 12.7. The highest BCUT2D eigenvalue weighted by atomic mass is 32.1. The van der Waals surface area contributed by atoms with Crippen LogP contribution in [0.4, 0.5) is 0 Å². The maximum absolute atomic E-state index is 12.7. The van der Waals surface area contributed by atoms with Crippen molar-refractivity contribution < 1.29 is 9.21 Å². The number of aryl methyl sites for hydroxylation is 2. The second-order valence-corrected chi connectivity index (χ2v) is 9.16. The Morgan fingerprint density at radius 3 is 2.75 bits per heavy atom. The Balaban J connectivity index is 1.56. The molecule has 0 aliphatic rings. The number of amides is 1. The molecule has 7 nitrogen and oxygen atoms in total. The molecule has 4 aromatic rings. The zero-order chi connectivity index (χ0) is 22.5. The van der Waals surface area contributed by atoms with E-state index in [0.29, 0.717) is 35.5 Å². The molecule has 4 rings (SSSR count). The van der Waals surface area contributed by atoms with E-state index in [1.54, 1.807) is 18.3 Å². The Kier molecular flexibility index (Phi) is 6.80. The van der Waals surface area contributed by atoms with Gasteiger partial charge in [-0.1, -0.05) is 26.0 Å². The van der Waals surface area contributed by atoms with E-state index in [2.05, 4.69) is 35.4 Å². The standard InChI is InChI=1S/C24H27N5O2S/c1-16(2)9-10-20-15-22(24-27-26-17(3)31-24)28-29(20)19-7-4-6-18(14-19)23(30)25-12-11-21-8-5-13-32-21/h4-8,13-16H,9-12H2,1-3H3,(H,25,30). The molecule has 1 N–H and O–H groups in total. The van der Waals surface area contributed by atoms with Gasteiger partial charge < -0.3 is 9.73 Å². The van der Waals surface area contributed by atoms with Gasteiger partial charge in [0.05, 0.1) is 5.69 Å². The van der Waals surface area contributed by atoms with Gasteiger partial charge in [-0.3, -0.25) is 4.79 Å². The molecule has 0 aliphatic heterocycles. The van der Waals surface area contributed by atoms with Crippen LogP contribution >= 0.6 is 11.3 Å². The van der Waals surface area contributed by atoms with E-state index in [4.69, 9.17) is 9.52 Å². The number of carbonyl (C=O) groups is 1. The summed E-state index contributed by atoms with van der Waals surface area (Å²) in [7, 11) is 0. The van der Waals surface area contributed by atoms with Crippen LogP contribution in [-0.4, -0.2) is 32.4 Å². The van der Waals surface area contributed by atoms with Gasteiger partial charge in [0.25, 0.3) is 11.8 Å². The van der Waals surface area contributed by atoms with Crippen LogP contribution in [0.15, 0.2) is 52.3 Å². The van der Waals surface area contributed by atoms with Gasteiger partial charge in [0.15, 0.2) is 0 Å². The first-order valence-electron chi connectivity index (χ1n) is 10.8. The SMILES string of the molecule is Cc1nnc(-c2cc(CCC(C)C)n(-c3cccc(C(=O)NCCc4cccs4)c3)n2)o1. The van der Waals surface area contributed by atoms with Crippen LogP contribution in [0.3, 0.4) is 0 Å². The maximum Gasteiger partial charge on any atom is 0.268 e. The molecule has 8 heteroatoms. The van der Waals surface area contributed by atoms with Crippen molar-refractivity contribution in [3.05, 3.63) is 69.9 Å². The summed E-state index contributed by atoms with van der Waals surface area (Å²) in [4.78, 5) is 14.0. The third-order valence-electron chi connectivity index (χ3n) is 5.10. The summed E-state index contributed by atoms with van der Waals surface area (Å²) >= 11 is 1.70. The van der Waals surface area contributed by atoms with Crippen molar-refractivity contribution in [3.63, 3.8) is 0 Å². The number of nitrogens with one attached hydrogen (secondary N) is 1. The second kappa shape index (κ2) is 9.91. The fourth-order valence-corrected chi connectivity index (χ4v) is 4.11. The minimum atomic E-state index is -0.0907. The highest BCUT2D eigenvalue weighted by Crippen LogP contribution is 2.23. The zero-order valence-corrected chi connectivity index (χ0v) is 19.4. The van der Waals surface area contributed by atoms with Crippen LogP contribution in [0.2, 0.25) is 0 Å². The molecule has 0 spiro atoms. The predicted molar refractivity (Wildman–Crippen MR) is 125 cm³/mol. The van der Waals surface area contributed by atoms with Gasteiger partial charge in [-0.2, -0.15) is 5.10 Å². The van der Waals surface area contributed by atoms with Crippen molar-refractivity contribution in [1.29, 1.82) is 0 Å². The highest BCUT2D eigenvalue weighted by Gasteiger charge is 2.17. The van der Waals surface area contributed by atoms with Crippen molar-refractivity contribution in [1.82, 2.24) is 25.3 Å². The quantitative estimate of drug-likeness (QED) is 0.395. The Labute approximate surface area is 191 Å². The van der Waals surface area contributed by atoms with Gasteiger partial charge in [0.1, 0.15) is 5.69 Å². The molecule has 3 aromatic heterocycles. The number of benzene rings is 1. The topological polar surface area (TPSA) is 85.8 Å². The summed E-state index contributed by atoms with van der Waals surface area (Å²) in [6, 6.07) is 13.6. The molecular weight excluding hydrogens is 422 g/mol. The first-order chi connectivity index (χ1) is 15.5. The van der Waals surface area contributed by atoms with Gasteiger partial charge in [-0.15, -0.1) is 21.5 Å². The van der Waals surface area contributed by atoms with Gasteiger partial charge in [-0.25, -0.2) is 4.68 Å². The normalized spacial score (nSPS) is 11.2. The lowest BCUT2D eigenvalue weighted by atomic mass is 10.1. The average Bonchev–Trinajstić information content (AvgIpc) is 3.53. The molecule has 0 atom stereocenters. The second-order valence-electron chi connectivity index (χ2n) is 8.13. The summed E-state index contributed by atoms with van der Waals surface area (Å²) in [5.41, 5.74) is 3.11. The summed E-state index contributed by atoms with van der Waals surface area (Å²) in [6.07, 6.45) is 2.71. The molecule has 0 aliphatic carbocycles. The minimum Gasteiger partial charge on any atom is -0.420 e. The number of aromatic nitrogens is 4. The highest BCUT2D eigenvalue weighted by molar-refractivity contribution is 7.09. The van der Waals surface area contributed by atoms with E-state index in [9.17, 15) is 4.79 Å². The molecule has 32 heavy (non-hydrogen) atoms. The van der Waals surface area contributed by atoms with E-state index < -0.39 is 0 Å². The summed E-state index contributed by atoms with van der Waals surface area (Å²) in [5, 5.41) is 17.8. The van der Waals surface area contributed by atoms with Crippen molar-refractivity contribution in [2.45, 2.75) is 40.0 Å². The van der Waals surface area contributed by atoms with Crippen molar-refractivity contribution in [2.75, 3.05) is 6.54 Å². The number of hydrogen-bond acceptors (Lipinski definition) is 6.